The summed E-state index contributed by atoms with van der Waals surface area (Å²) < 4.78 is 5.45. The summed E-state index contributed by atoms with van der Waals surface area (Å²) in [7, 11) is 0. The monoisotopic (exact) mass is 285 g/mol. The summed E-state index contributed by atoms with van der Waals surface area (Å²) in [5, 5.41) is 12.6. The Balaban J connectivity index is 2.38. The van der Waals surface area contributed by atoms with Crippen LogP contribution in [0.4, 0.5) is 5.69 Å². The Morgan fingerprint density at radius 3 is 2.43 bits per heavy atom. The molecule has 21 heavy (non-hydrogen) atoms. The van der Waals surface area contributed by atoms with Crippen molar-refractivity contribution in [1.29, 1.82) is 0 Å². The molecule has 1 saturated heterocycles. The number of allylic oxidation sites excluding steroid dienone is 1. The van der Waals surface area contributed by atoms with Gasteiger partial charge in [-0.05, 0) is 45.0 Å². The highest BCUT2D eigenvalue weighted by molar-refractivity contribution is 5.94. The molecule has 1 aliphatic rings. The molecule has 2 atom stereocenters. The summed E-state index contributed by atoms with van der Waals surface area (Å²) in [5.74, 6) is -0.119. The van der Waals surface area contributed by atoms with E-state index in [4.69, 9.17) is 4.74 Å². The third kappa shape index (κ3) is 3.01. The second-order valence-electron chi connectivity index (χ2n) is 5.27. The van der Waals surface area contributed by atoms with Gasteiger partial charge in [0.05, 0.1) is 5.57 Å². The van der Waals surface area contributed by atoms with Crippen molar-refractivity contribution in [3.05, 3.63) is 53.3 Å². The third-order valence-corrected chi connectivity index (χ3v) is 3.50. The van der Waals surface area contributed by atoms with Crippen LogP contribution in [0.2, 0.25) is 0 Å². The SMILES string of the molecule is C=C=C(C)[C@H]1OC(=O)C(=C(C)C)[C@@H]1Nc1ccc(O)cc1. The van der Waals surface area contributed by atoms with Gasteiger partial charge in [-0.15, -0.1) is 5.73 Å². The fraction of sp³-hybridized carbons (Fsp3) is 0.294. The highest BCUT2D eigenvalue weighted by Gasteiger charge is 2.41. The second-order valence-corrected chi connectivity index (χ2v) is 5.27. The summed E-state index contributed by atoms with van der Waals surface area (Å²) in [4.78, 5) is 12.1. The first kappa shape index (κ1) is 14.9. The number of benzene rings is 1. The van der Waals surface area contributed by atoms with E-state index in [0.717, 1.165) is 16.8 Å². The lowest BCUT2D eigenvalue weighted by molar-refractivity contribution is -0.137. The van der Waals surface area contributed by atoms with Gasteiger partial charge in [0, 0.05) is 11.3 Å². The molecule has 2 N–H and O–H groups in total. The van der Waals surface area contributed by atoms with Crippen LogP contribution in [-0.2, 0) is 9.53 Å². The highest BCUT2D eigenvalue weighted by Crippen LogP contribution is 2.31. The van der Waals surface area contributed by atoms with Gasteiger partial charge in [0.25, 0.3) is 0 Å². The predicted octanol–water partition coefficient (Wildman–Crippen LogP) is 3.17. The van der Waals surface area contributed by atoms with E-state index >= 15 is 0 Å². The molecule has 0 aliphatic carbocycles. The average molecular weight is 285 g/mol. The number of phenols is 1. The van der Waals surface area contributed by atoms with E-state index < -0.39 is 6.10 Å². The van der Waals surface area contributed by atoms with Gasteiger partial charge >= 0.3 is 5.97 Å². The van der Waals surface area contributed by atoms with E-state index in [1.165, 1.54) is 0 Å². The second kappa shape index (κ2) is 5.90. The first-order chi connectivity index (χ1) is 9.93. The quantitative estimate of drug-likeness (QED) is 0.387. The summed E-state index contributed by atoms with van der Waals surface area (Å²) >= 11 is 0. The van der Waals surface area contributed by atoms with Gasteiger partial charge in [-0.3, -0.25) is 0 Å². The van der Waals surface area contributed by atoms with Crippen LogP contribution in [-0.4, -0.2) is 23.2 Å². The molecule has 0 spiro atoms. The first-order valence-electron chi connectivity index (χ1n) is 6.74. The molecule has 110 valence electrons. The summed E-state index contributed by atoms with van der Waals surface area (Å²) in [6.45, 7) is 9.23. The average Bonchev–Trinajstić information content (AvgIpc) is 2.77. The molecule has 0 saturated carbocycles. The lowest BCUT2D eigenvalue weighted by Gasteiger charge is -2.20. The van der Waals surface area contributed by atoms with E-state index in [2.05, 4.69) is 17.6 Å². The Morgan fingerprint density at radius 2 is 1.90 bits per heavy atom. The molecular weight excluding hydrogens is 266 g/mol. The summed E-state index contributed by atoms with van der Waals surface area (Å²) in [6, 6.07) is 6.40. The standard InChI is InChI=1S/C17H19NO3/c1-5-11(4)16-15(14(10(2)3)17(20)21-16)18-12-6-8-13(19)9-7-12/h6-9,15-16,18-19H,1H2,2-4H3/t15-,16+/m0/s1. The Hall–Kier alpha value is -2.45. The maximum absolute atomic E-state index is 12.1. The zero-order valence-corrected chi connectivity index (χ0v) is 12.4. The van der Waals surface area contributed by atoms with Gasteiger partial charge in [-0.1, -0.05) is 12.2 Å². The molecular formula is C17H19NO3. The zero-order valence-electron chi connectivity index (χ0n) is 12.4. The minimum Gasteiger partial charge on any atom is -0.508 e. The Bertz CT molecular complexity index is 633. The number of esters is 1. The lowest BCUT2D eigenvalue weighted by Crippen LogP contribution is -2.31. The van der Waals surface area contributed by atoms with Crippen molar-refractivity contribution in [3.8, 4) is 5.75 Å². The molecule has 1 aromatic rings. The third-order valence-electron chi connectivity index (χ3n) is 3.50. The highest BCUT2D eigenvalue weighted by atomic mass is 16.6. The van der Waals surface area contributed by atoms with E-state index in [9.17, 15) is 9.90 Å². The first-order valence-corrected chi connectivity index (χ1v) is 6.74. The molecule has 1 heterocycles. The number of phenolic OH excluding ortho intramolecular Hbond substituents is 1. The molecule has 0 bridgehead atoms. The van der Waals surface area contributed by atoms with Crippen molar-refractivity contribution in [2.45, 2.75) is 32.9 Å². The normalized spacial score (nSPS) is 20.7. The number of nitrogens with one attached hydrogen (secondary N) is 1. The van der Waals surface area contributed by atoms with Gasteiger partial charge in [-0.25, -0.2) is 4.79 Å². The van der Waals surface area contributed by atoms with Crippen LogP contribution < -0.4 is 5.32 Å². The molecule has 0 aromatic heterocycles. The topological polar surface area (TPSA) is 58.6 Å². The minimum atomic E-state index is -0.422. The number of anilines is 1. The summed E-state index contributed by atoms with van der Waals surface area (Å²) in [6.07, 6.45) is -0.422. The van der Waals surface area contributed by atoms with Crippen LogP contribution in [0, 0.1) is 0 Å². The van der Waals surface area contributed by atoms with Crippen molar-refractivity contribution in [2.75, 3.05) is 5.32 Å². The lowest BCUT2D eigenvalue weighted by atomic mass is 9.96. The van der Waals surface area contributed by atoms with Crippen LogP contribution in [0.3, 0.4) is 0 Å². The molecule has 4 heteroatoms. The maximum Gasteiger partial charge on any atom is 0.336 e. The fourth-order valence-electron chi connectivity index (χ4n) is 2.36. The molecule has 1 fully saturated rings. The Labute approximate surface area is 124 Å². The van der Waals surface area contributed by atoms with Gasteiger partial charge in [0.1, 0.15) is 11.8 Å². The Morgan fingerprint density at radius 1 is 1.29 bits per heavy atom. The van der Waals surface area contributed by atoms with Gasteiger partial charge < -0.3 is 15.2 Å². The fourth-order valence-corrected chi connectivity index (χ4v) is 2.36. The van der Waals surface area contributed by atoms with E-state index in [0.29, 0.717) is 5.57 Å². The van der Waals surface area contributed by atoms with Crippen molar-refractivity contribution in [1.82, 2.24) is 0 Å². The van der Waals surface area contributed by atoms with Crippen molar-refractivity contribution in [2.24, 2.45) is 0 Å². The molecule has 1 aromatic carbocycles. The molecule has 0 radical (unpaired) electrons. The predicted molar refractivity (Wildman–Crippen MR) is 82.1 cm³/mol. The summed E-state index contributed by atoms with van der Waals surface area (Å²) in [5.41, 5.74) is 5.92. The van der Waals surface area contributed by atoms with Crippen LogP contribution in [0.1, 0.15) is 20.8 Å². The van der Waals surface area contributed by atoms with Gasteiger partial charge in [-0.2, -0.15) is 0 Å². The molecule has 4 nitrogen and oxygen atoms in total. The Kier molecular flexibility index (Phi) is 4.20. The number of carbonyl (C=O) groups is 1. The van der Waals surface area contributed by atoms with Crippen molar-refractivity contribution < 1.29 is 14.6 Å². The van der Waals surface area contributed by atoms with E-state index in [-0.39, 0.29) is 17.8 Å². The number of aromatic hydroxyl groups is 1. The number of cyclic esters (lactones) is 1. The number of carbonyl (C=O) groups excluding carboxylic acids is 1. The van der Waals surface area contributed by atoms with E-state index in [1.807, 2.05) is 20.8 Å². The number of hydrogen-bond acceptors (Lipinski definition) is 4. The van der Waals surface area contributed by atoms with Gasteiger partial charge in [0.2, 0.25) is 0 Å². The molecule has 0 unspecified atom stereocenters. The molecule has 0 amide bonds. The zero-order chi connectivity index (χ0) is 15.6. The van der Waals surface area contributed by atoms with Crippen LogP contribution in [0.5, 0.6) is 5.75 Å². The largest absolute Gasteiger partial charge is 0.508 e. The van der Waals surface area contributed by atoms with Crippen LogP contribution in [0.25, 0.3) is 0 Å². The number of ether oxygens (including phenoxy) is 1. The van der Waals surface area contributed by atoms with E-state index in [1.54, 1.807) is 24.3 Å². The van der Waals surface area contributed by atoms with Crippen LogP contribution >= 0.6 is 0 Å². The molecule has 1 aliphatic heterocycles. The van der Waals surface area contributed by atoms with Gasteiger partial charge in [0.15, 0.2) is 6.10 Å². The number of rotatable bonds is 3. The molecule has 2 rings (SSSR count). The number of hydrogen-bond donors (Lipinski definition) is 2. The van der Waals surface area contributed by atoms with Crippen LogP contribution in [0.15, 0.2) is 53.3 Å². The maximum atomic E-state index is 12.1. The van der Waals surface area contributed by atoms with Crippen molar-refractivity contribution >= 4 is 11.7 Å². The van der Waals surface area contributed by atoms with Crippen molar-refractivity contribution in [3.63, 3.8) is 0 Å². The minimum absolute atomic E-state index is 0.195. The smallest absolute Gasteiger partial charge is 0.336 e.